The number of nitrogens with one attached hydrogen (secondary N) is 1. The number of anilines is 1. The van der Waals surface area contributed by atoms with Crippen molar-refractivity contribution in [1.82, 2.24) is 14.7 Å². The highest BCUT2D eigenvalue weighted by molar-refractivity contribution is 5.89. The minimum atomic E-state index is 0.111. The normalized spacial score (nSPS) is 20.3. The van der Waals surface area contributed by atoms with E-state index in [0.29, 0.717) is 18.2 Å². The summed E-state index contributed by atoms with van der Waals surface area (Å²) in [6, 6.07) is 8.50. The second kappa shape index (κ2) is 14.0. The maximum absolute atomic E-state index is 12.6. The van der Waals surface area contributed by atoms with E-state index < -0.39 is 0 Å². The van der Waals surface area contributed by atoms with Gasteiger partial charge in [-0.1, -0.05) is 51.0 Å². The lowest BCUT2D eigenvalue weighted by Gasteiger charge is -2.30. The van der Waals surface area contributed by atoms with Crippen LogP contribution in [0.4, 0.5) is 5.82 Å². The Labute approximate surface area is 220 Å². The number of hydrogen-bond acceptors (Lipinski definition) is 3. The maximum Gasteiger partial charge on any atom is 0.225 e. The average molecular weight is 495 g/mol. The third-order valence-corrected chi connectivity index (χ3v) is 8.05. The highest BCUT2D eigenvalue weighted by Crippen LogP contribution is 2.32. The summed E-state index contributed by atoms with van der Waals surface area (Å²) in [5, 5.41) is 7.71. The van der Waals surface area contributed by atoms with Gasteiger partial charge in [-0.2, -0.15) is 5.10 Å². The first-order valence-electron chi connectivity index (χ1n) is 14.4. The van der Waals surface area contributed by atoms with E-state index in [2.05, 4.69) is 75.1 Å². The lowest BCUT2D eigenvalue weighted by atomic mass is 9.80. The van der Waals surface area contributed by atoms with Gasteiger partial charge in [-0.25, -0.2) is 0 Å². The zero-order valence-electron chi connectivity index (χ0n) is 23.8. The summed E-state index contributed by atoms with van der Waals surface area (Å²) >= 11 is 0. The summed E-state index contributed by atoms with van der Waals surface area (Å²) in [6.45, 7) is 17.5. The Kier molecular flexibility index (Phi) is 11.0. The van der Waals surface area contributed by atoms with Gasteiger partial charge in [0, 0.05) is 24.7 Å². The van der Waals surface area contributed by atoms with E-state index in [-0.39, 0.29) is 5.91 Å². The summed E-state index contributed by atoms with van der Waals surface area (Å²) < 4.78 is 1.99. The summed E-state index contributed by atoms with van der Waals surface area (Å²) in [4.78, 5) is 15.3. The molecule has 200 valence electrons. The van der Waals surface area contributed by atoms with Gasteiger partial charge in [0.1, 0.15) is 0 Å². The molecule has 0 bridgehead atoms. The Balaban J connectivity index is 0.000000658. The molecular formula is C31H50N4O. The third kappa shape index (κ3) is 9.06. The van der Waals surface area contributed by atoms with Gasteiger partial charge in [0.25, 0.3) is 0 Å². The predicted molar refractivity (Wildman–Crippen MR) is 151 cm³/mol. The Hall–Kier alpha value is -2.14. The van der Waals surface area contributed by atoms with Gasteiger partial charge in [0.15, 0.2) is 5.82 Å². The third-order valence-electron chi connectivity index (χ3n) is 8.05. The average Bonchev–Trinajstić information content (AvgIpc) is 3.47. The molecule has 2 aliphatic rings. The summed E-state index contributed by atoms with van der Waals surface area (Å²) in [7, 11) is 0. The number of nitrogens with zero attached hydrogens (tertiary/aromatic N) is 3. The highest BCUT2D eigenvalue weighted by Gasteiger charge is 2.25. The first-order valence-corrected chi connectivity index (χ1v) is 14.4. The highest BCUT2D eigenvalue weighted by atomic mass is 16.1. The SMILES string of the molecule is CCC(C)C.Cc1ccc(C)c(Cn2nc(NC(=O)CC3CCC(CN4CCCC4)CC3)cc2C)c1. The summed E-state index contributed by atoms with van der Waals surface area (Å²) in [5.74, 6) is 3.03. The molecule has 1 aliphatic heterocycles. The molecule has 1 N–H and O–H groups in total. The standard InChI is InChI=1S/C26H38N4O.C5H12/c1-19-6-7-20(2)24(14-19)18-30-21(3)15-25(28-30)27-26(31)16-22-8-10-23(11-9-22)17-29-12-4-5-13-29;1-4-5(2)3/h6-7,14-15,22-23H,4-5,8-13,16-18H2,1-3H3,(H,27,28,31);5H,4H2,1-3H3. The summed E-state index contributed by atoms with van der Waals surface area (Å²) in [5.41, 5.74) is 4.87. The Morgan fingerprint density at radius 1 is 1.03 bits per heavy atom. The van der Waals surface area contributed by atoms with E-state index in [4.69, 9.17) is 0 Å². The number of likely N-dealkylation sites (tertiary alicyclic amines) is 1. The van der Waals surface area contributed by atoms with Crippen molar-refractivity contribution in [3.05, 3.63) is 46.6 Å². The number of aryl methyl sites for hydroxylation is 3. The first kappa shape index (κ1) is 28.4. The van der Waals surface area contributed by atoms with Crippen molar-refractivity contribution in [3.8, 4) is 0 Å². The number of carbonyl (C=O) groups excluding carboxylic acids is 1. The van der Waals surface area contributed by atoms with Crippen molar-refractivity contribution < 1.29 is 4.79 Å². The van der Waals surface area contributed by atoms with Crippen LogP contribution < -0.4 is 5.32 Å². The van der Waals surface area contributed by atoms with Crippen molar-refractivity contribution in [2.75, 3.05) is 25.0 Å². The molecule has 2 fully saturated rings. The van der Waals surface area contributed by atoms with E-state index in [9.17, 15) is 4.79 Å². The van der Waals surface area contributed by atoms with Crippen LogP contribution in [0.3, 0.4) is 0 Å². The summed E-state index contributed by atoms with van der Waals surface area (Å²) in [6.07, 6.45) is 9.60. The fourth-order valence-electron chi connectivity index (χ4n) is 5.27. The van der Waals surface area contributed by atoms with E-state index in [1.165, 1.54) is 81.3 Å². The molecule has 5 nitrogen and oxygen atoms in total. The van der Waals surface area contributed by atoms with Crippen LogP contribution in [-0.4, -0.2) is 40.2 Å². The van der Waals surface area contributed by atoms with Crippen molar-refractivity contribution in [2.45, 2.75) is 99.5 Å². The molecule has 36 heavy (non-hydrogen) atoms. The fraction of sp³-hybridized carbons (Fsp3) is 0.677. The van der Waals surface area contributed by atoms with Crippen molar-refractivity contribution >= 4 is 11.7 Å². The zero-order chi connectivity index (χ0) is 26.1. The minimum absolute atomic E-state index is 0.111. The Morgan fingerprint density at radius 2 is 1.67 bits per heavy atom. The van der Waals surface area contributed by atoms with Crippen LogP contribution in [0.15, 0.2) is 24.3 Å². The molecule has 5 heteroatoms. The quantitative estimate of drug-likeness (QED) is 0.424. The van der Waals surface area contributed by atoms with Crippen LogP contribution in [0.2, 0.25) is 0 Å². The molecule has 1 aromatic carbocycles. The number of hydrogen-bond donors (Lipinski definition) is 1. The van der Waals surface area contributed by atoms with Crippen molar-refractivity contribution in [2.24, 2.45) is 17.8 Å². The molecule has 4 rings (SSSR count). The predicted octanol–water partition coefficient (Wildman–Crippen LogP) is 7.14. The Morgan fingerprint density at radius 3 is 2.31 bits per heavy atom. The van der Waals surface area contributed by atoms with Crippen LogP contribution in [-0.2, 0) is 11.3 Å². The first-order chi connectivity index (χ1) is 17.2. The lowest BCUT2D eigenvalue weighted by Crippen LogP contribution is -2.30. The smallest absolute Gasteiger partial charge is 0.225 e. The second-order valence-electron chi connectivity index (χ2n) is 11.7. The lowest BCUT2D eigenvalue weighted by molar-refractivity contribution is -0.117. The molecule has 0 unspecified atom stereocenters. The van der Waals surface area contributed by atoms with Crippen LogP contribution in [0.1, 0.15) is 94.5 Å². The fourth-order valence-corrected chi connectivity index (χ4v) is 5.27. The van der Waals surface area contributed by atoms with Crippen molar-refractivity contribution in [1.29, 1.82) is 0 Å². The molecule has 1 aliphatic carbocycles. The van der Waals surface area contributed by atoms with Gasteiger partial charge in [-0.3, -0.25) is 9.48 Å². The van der Waals surface area contributed by atoms with E-state index in [1.54, 1.807) is 0 Å². The van der Waals surface area contributed by atoms with Crippen molar-refractivity contribution in [3.63, 3.8) is 0 Å². The van der Waals surface area contributed by atoms with Gasteiger partial charge < -0.3 is 10.2 Å². The van der Waals surface area contributed by atoms with Gasteiger partial charge in [0.05, 0.1) is 6.54 Å². The van der Waals surface area contributed by atoms with E-state index in [1.807, 2.05) is 10.7 Å². The molecule has 0 atom stereocenters. The molecule has 0 radical (unpaired) electrons. The largest absolute Gasteiger partial charge is 0.309 e. The molecule has 2 aromatic rings. The number of carbonyl (C=O) groups is 1. The van der Waals surface area contributed by atoms with Crippen LogP contribution >= 0.6 is 0 Å². The molecule has 1 saturated carbocycles. The van der Waals surface area contributed by atoms with E-state index >= 15 is 0 Å². The topological polar surface area (TPSA) is 50.2 Å². The van der Waals surface area contributed by atoms with Gasteiger partial charge in [0.2, 0.25) is 5.91 Å². The molecule has 2 heterocycles. The molecule has 0 spiro atoms. The number of benzene rings is 1. The van der Waals surface area contributed by atoms with Crippen LogP contribution in [0, 0.1) is 38.5 Å². The molecular weight excluding hydrogens is 444 g/mol. The second-order valence-corrected chi connectivity index (χ2v) is 11.7. The monoisotopic (exact) mass is 494 g/mol. The molecule has 1 aromatic heterocycles. The van der Waals surface area contributed by atoms with Gasteiger partial charge in [-0.05, 0) is 101 Å². The van der Waals surface area contributed by atoms with Gasteiger partial charge >= 0.3 is 0 Å². The maximum atomic E-state index is 12.6. The van der Waals surface area contributed by atoms with E-state index in [0.717, 1.165) is 24.1 Å². The van der Waals surface area contributed by atoms with Crippen LogP contribution in [0.5, 0.6) is 0 Å². The molecule has 1 saturated heterocycles. The van der Waals surface area contributed by atoms with Gasteiger partial charge in [-0.15, -0.1) is 0 Å². The number of aromatic nitrogens is 2. The Bertz CT molecular complexity index is 949. The minimum Gasteiger partial charge on any atom is -0.309 e. The van der Waals surface area contributed by atoms with Crippen LogP contribution in [0.25, 0.3) is 0 Å². The number of rotatable bonds is 8. The number of amides is 1. The molecule has 1 amide bonds. The zero-order valence-corrected chi connectivity index (χ0v) is 23.8.